The van der Waals surface area contributed by atoms with Gasteiger partial charge >= 0.3 is 0 Å². The van der Waals surface area contributed by atoms with Gasteiger partial charge < -0.3 is 5.32 Å². The van der Waals surface area contributed by atoms with Crippen molar-refractivity contribution in [2.45, 2.75) is 19.6 Å². The summed E-state index contributed by atoms with van der Waals surface area (Å²) in [6.45, 7) is 4.64. The van der Waals surface area contributed by atoms with Crippen LogP contribution in [0.15, 0.2) is 11.2 Å². The van der Waals surface area contributed by atoms with Gasteiger partial charge in [-0.1, -0.05) is 0 Å². The summed E-state index contributed by atoms with van der Waals surface area (Å²) in [5.41, 5.74) is 2.20. The molecular weight excluding hydrogens is 260 g/mol. The molecule has 0 aliphatic heterocycles. The van der Waals surface area contributed by atoms with Gasteiger partial charge in [-0.2, -0.15) is 17.0 Å². The fourth-order valence-corrected chi connectivity index (χ4v) is 2.30. The minimum atomic E-state index is 0.498. The Morgan fingerprint density at radius 1 is 1.53 bits per heavy atom. The highest BCUT2D eigenvalue weighted by Crippen LogP contribution is 2.13. The molecule has 0 bridgehead atoms. The molecule has 0 aliphatic rings. The van der Waals surface area contributed by atoms with Gasteiger partial charge in [0.05, 0.1) is 0 Å². The number of thioether (sulfide) groups is 1. The molecule has 7 heteroatoms. The Kier molecular flexibility index (Phi) is 6.68. The second kappa shape index (κ2) is 8.32. The summed E-state index contributed by atoms with van der Waals surface area (Å²) in [5.74, 6) is 3.11. The summed E-state index contributed by atoms with van der Waals surface area (Å²) in [6, 6.07) is 0. The van der Waals surface area contributed by atoms with Gasteiger partial charge in [0.15, 0.2) is 6.19 Å². The van der Waals surface area contributed by atoms with Crippen LogP contribution in [-0.4, -0.2) is 35.3 Å². The van der Waals surface area contributed by atoms with Crippen molar-refractivity contribution in [2.24, 2.45) is 4.99 Å². The smallest absolute Gasteiger partial charge is 0.204 e. The predicted molar refractivity (Wildman–Crippen MR) is 77.8 cm³/mol. The third-order valence-electron chi connectivity index (χ3n) is 2.40. The molecule has 0 saturated carbocycles. The quantitative estimate of drug-likeness (QED) is 0.274. The molecule has 19 heavy (non-hydrogen) atoms. The normalized spacial score (nSPS) is 10.9. The average Bonchev–Trinajstić information content (AvgIpc) is 2.39. The molecule has 2 N–H and O–H groups in total. The van der Waals surface area contributed by atoms with Crippen LogP contribution >= 0.6 is 11.8 Å². The largest absolute Gasteiger partial charge is 0.355 e. The second-order valence-corrected chi connectivity index (χ2v) is 4.92. The number of hydrogen-bond donors (Lipinski definition) is 2. The molecule has 0 aromatic carbocycles. The number of aryl methyl sites for hydroxylation is 2. The highest BCUT2D eigenvalue weighted by atomic mass is 32.2. The summed E-state index contributed by atoms with van der Waals surface area (Å²) < 4.78 is 0. The van der Waals surface area contributed by atoms with Crippen LogP contribution in [0.25, 0.3) is 0 Å². The molecule has 0 radical (unpaired) electrons. The van der Waals surface area contributed by atoms with Gasteiger partial charge in [0.2, 0.25) is 5.96 Å². The molecule has 0 unspecified atom stereocenters. The maximum absolute atomic E-state index is 8.47. The SMILES string of the molecule is CN=C(NC#N)NCCSCc1cnc(C)nc1C. The number of rotatable bonds is 5. The van der Waals surface area contributed by atoms with Crippen molar-refractivity contribution in [3.63, 3.8) is 0 Å². The lowest BCUT2D eigenvalue weighted by atomic mass is 10.3. The highest BCUT2D eigenvalue weighted by Gasteiger charge is 2.01. The summed E-state index contributed by atoms with van der Waals surface area (Å²) in [5, 5.41) is 14.0. The number of nitriles is 1. The van der Waals surface area contributed by atoms with Gasteiger partial charge in [-0.3, -0.25) is 10.3 Å². The number of aromatic nitrogens is 2. The molecule has 0 amide bonds. The van der Waals surface area contributed by atoms with Crippen LogP contribution in [0.1, 0.15) is 17.1 Å². The highest BCUT2D eigenvalue weighted by molar-refractivity contribution is 7.98. The number of nitrogens with zero attached hydrogens (tertiary/aromatic N) is 4. The van der Waals surface area contributed by atoms with Gasteiger partial charge in [0.1, 0.15) is 5.82 Å². The van der Waals surface area contributed by atoms with Crippen molar-refractivity contribution in [3.8, 4) is 6.19 Å². The van der Waals surface area contributed by atoms with Crippen LogP contribution in [0, 0.1) is 25.3 Å². The monoisotopic (exact) mass is 278 g/mol. The Morgan fingerprint density at radius 3 is 2.95 bits per heavy atom. The van der Waals surface area contributed by atoms with Crippen LogP contribution in [-0.2, 0) is 5.75 Å². The molecular formula is C12H18N6S. The number of guanidine groups is 1. The number of aliphatic imine (C=N–C) groups is 1. The average molecular weight is 278 g/mol. The molecule has 0 spiro atoms. The summed E-state index contributed by atoms with van der Waals surface area (Å²) >= 11 is 1.79. The first kappa shape index (κ1) is 15.2. The van der Waals surface area contributed by atoms with Crippen LogP contribution in [0.5, 0.6) is 0 Å². The number of hydrogen-bond acceptors (Lipinski definition) is 5. The molecule has 1 aromatic heterocycles. The number of nitrogens with one attached hydrogen (secondary N) is 2. The van der Waals surface area contributed by atoms with Crippen LogP contribution < -0.4 is 10.6 Å². The van der Waals surface area contributed by atoms with Crippen molar-refractivity contribution in [2.75, 3.05) is 19.3 Å². The molecule has 0 fully saturated rings. The Morgan fingerprint density at radius 2 is 2.32 bits per heavy atom. The summed E-state index contributed by atoms with van der Waals surface area (Å²) in [4.78, 5) is 12.4. The van der Waals surface area contributed by atoms with E-state index in [2.05, 4.69) is 25.6 Å². The summed E-state index contributed by atoms with van der Waals surface area (Å²) in [6.07, 6.45) is 3.71. The summed E-state index contributed by atoms with van der Waals surface area (Å²) in [7, 11) is 1.63. The maximum atomic E-state index is 8.47. The third-order valence-corrected chi connectivity index (χ3v) is 3.40. The maximum Gasteiger partial charge on any atom is 0.204 e. The fourth-order valence-electron chi connectivity index (χ4n) is 1.41. The lowest BCUT2D eigenvalue weighted by molar-refractivity contribution is 0.929. The van der Waals surface area contributed by atoms with E-state index >= 15 is 0 Å². The molecule has 102 valence electrons. The Hall–Kier alpha value is -1.81. The van der Waals surface area contributed by atoms with E-state index in [1.165, 1.54) is 0 Å². The van der Waals surface area contributed by atoms with Crippen molar-refractivity contribution in [1.82, 2.24) is 20.6 Å². The zero-order valence-electron chi connectivity index (χ0n) is 11.4. The molecule has 0 atom stereocenters. The van der Waals surface area contributed by atoms with E-state index in [1.54, 1.807) is 18.8 Å². The first-order valence-electron chi connectivity index (χ1n) is 5.90. The topological polar surface area (TPSA) is 86.0 Å². The van der Waals surface area contributed by atoms with E-state index in [0.717, 1.165) is 35.1 Å². The van der Waals surface area contributed by atoms with E-state index in [-0.39, 0.29) is 0 Å². The zero-order chi connectivity index (χ0) is 14.1. The zero-order valence-corrected chi connectivity index (χ0v) is 12.2. The molecule has 0 saturated heterocycles. The third kappa shape index (κ3) is 5.57. The first-order valence-corrected chi connectivity index (χ1v) is 7.05. The minimum absolute atomic E-state index is 0.498. The fraction of sp³-hybridized carbons (Fsp3) is 0.500. The van der Waals surface area contributed by atoms with E-state index in [9.17, 15) is 0 Å². The molecule has 1 heterocycles. The first-order chi connectivity index (χ1) is 9.17. The van der Waals surface area contributed by atoms with E-state index in [4.69, 9.17) is 5.26 Å². The molecule has 1 rings (SSSR count). The molecule has 0 aliphatic carbocycles. The van der Waals surface area contributed by atoms with E-state index in [0.29, 0.717) is 5.96 Å². The lowest BCUT2D eigenvalue weighted by Crippen LogP contribution is -2.35. The molecule has 6 nitrogen and oxygen atoms in total. The van der Waals surface area contributed by atoms with Gasteiger partial charge in [0.25, 0.3) is 0 Å². The lowest BCUT2D eigenvalue weighted by Gasteiger charge is -2.07. The standard InChI is InChI=1S/C12H18N6S/c1-9-11(6-16-10(2)18-9)7-19-5-4-15-12(14-3)17-8-13/h6H,4-5,7H2,1-3H3,(H2,14,15,17). The van der Waals surface area contributed by atoms with Gasteiger partial charge in [0, 0.05) is 42.6 Å². The van der Waals surface area contributed by atoms with Crippen molar-refractivity contribution in [1.29, 1.82) is 5.26 Å². The Labute approximate surface area is 117 Å². The van der Waals surface area contributed by atoms with Gasteiger partial charge in [-0.15, -0.1) is 0 Å². The van der Waals surface area contributed by atoms with E-state index in [1.807, 2.05) is 26.2 Å². The Bertz CT molecular complexity index is 480. The van der Waals surface area contributed by atoms with Crippen LogP contribution in [0.4, 0.5) is 0 Å². The molecule has 1 aromatic rings. The van der Waals surface area contributed by atoms with Crippen LogP contribution in [0.3, 0.4) is 0 Å². The predicted octanol–water partition coefficient (Wildman–Crippen LogP) is 0.973. The van der Waals surface area contributed by atoms with E-state index < -0.39 is 0 Å². The minimum Gasteiger partial charge on any atom is -0.355 e. The van der Waals surface area contributed by atoms with Crippen molar-refractivity contribution in [3.05, 3.63) is 23.3 Å². The Balaban J connectivity index is 2.26. The van der Waals surface area contributed by atoms with Crippen molar-refractivity contribution >= 4 is 17.7 Å². The second-order valence-electron chi connectivity index (χ2n) is 3.82. The van der Waals surface area contributed by atoms with Crippen LogP contribution in [0.2, 0.25) is 0 Å². The van der Waals surface area contributed by atoms with Crippen molar-refractivity contribution < 1.29 is 0 Å². The van der Waals surface area contributed by atoms with Gasteiger partial charge in [-0.25, -0.2) is 9.97 Å². The van der Waals surface area contributed by atoms with Gasteiger partial charge in [-0.05, 0) is 13.8 Å².